The van der Waals surface area contributed by atoms with E-state index in [2.05, 4.69) is 4.90 Å². The molecule has 3 aliphatic rings. The molecule has 0 radical (unpaired) electrons. The zero-order valence-electron chi connectivity index (χ0n) is 13.4. The Bertz CT molecular complexity index is 470. The third-order valence-corrected chi connectivity index (χ3v) is 7.38. The Kier molecular flexibility index (Phi) is 5.39. The van der Waals surface area contributed by atoms with Crippen molar-refractivity contribution in [2.45, 2.75) is 37.8 Å². The molecule has 0 aromatic heterocycles. The lowest BCUT2D eigenvalue weighted by atomic mass is 9.94. The lowest BCUT2D eigenvalue weighted by Gasteiger charge is -2.41. The smallest absolute Gasteiger partial charge is 0.214 e. The van der Waals surface area contributed by atoms with E-state index in [1.807, 2.05) is 0 Å². The summed E-state index contributed by atoms with van der Waals surface area (Å²) < 4.78 is 36.9. The Labute approximate surface area is 133 Å². The third-order valence-electron chi connectivity index (χ3n) is 5.42. The highest BCUT2D eigenvalue weighted by Gasteiger charge is 2.39. The summed E-state index contributed by atoms with van der Waals surface area (Å²) in [5, 5.41) is 0. The standard InChI is InChI=1S/C15H28N2O4S/c1-20-15-5-2-4-13(15)14-12-21-10-9-16(14)7-8-17-6-3-11-22(17,18)19/h13-15H,2-12H2,1H3. The Balaban J connectivity index is 1.60. The molecule has 3 unspecified atom stereocenters. The zero-order chi connectivity index (χ0) is 15.6. The van der Waals surface area contributed by atoms with E-state index >= 15 is 0 Å². The van der Waals surface area contributed by atoms with Gasteiger partial charge >= 0.3 is 0 Å². The summed E-state index contributed by atoms with van der Waals surface area (Å²) in [7, 11) is -1.19. The maximum atomic E-state index is 11.9. The Hall–Kier alpha value is -0.210. The average Bonchev–Trinajstić information content (AvgIpc) is 3.11. The minimum absolute atomic E-state index is 0.313. The van der Waals surface area contributed by atoms with Crippen LogP contribution in [0.3, 0.4) is 0 Å². The fraction of sp³-hybridized carbons (Fsp3) is 1.00. The molecule has 128 valence electrons. The van der Waals surface area contributed by atoms with E-state index in [-0.39, 0.29) is 0 Å². The summed E-state index contributed by atoms with van der Waals surface area (Å²) in [6.07, 6.45) is 4.62. The molecule has 2 heterocycles. The summed E-state index contributed by atoms with van der Waals surface area (Å²) in [4.78, 5) is 2.43. The largest absolute Gasteiger partial charge is 0.381 e. The number of rotatable bonds is 5. The van der Waals surface area contributed by atoms with Crippen LogP contribution in [0.15, 0.2) is 0 Å². The van der Waals surface area contributed by atoms with Gasteiger partial charge < -0.3 is 9.47 Å². The molecular weight excluding hydrogens is 304 g/mol. The minimum Gasteiger partial charge on any atom is -0.381 e. The van der Waals surface area contributed by atoms with Crippen LogP contribution < -0.4 is 0 Å². The Morgan fingerprint density at radius 3 is 2.77 bits per heavy atom. The molecule has 6 nitrogen and oxygen atoms in total. The van der Waals surface area contributed by atoms with Crippen molar-refractivity contribution in [3.05, 3.63) is 0 Å². The molecule has 3 atom stereocenters. The highest BCUT2D eigenvalue weighted by molar-refractivity contribution is 7.89. The summed E-state index contributed by atoms with van der Waals surface area (Å²) in [5.74, 6) is 0.828. The first-order valence-corrected chi connectivity index (χ1v) is 10.0. The molecule has 0 N–H and O–H groups in total. The number of hydrogen-bond donors (Lipinski definition) is 0. The number of methoxy groups -OCH3 is 1. The summed E-state index contributed by atoms with van der Waals surface area (Å²) in [5.41, 5.74) is 0. The van der Waals surface area contributed by atoms with Crippen molar-refractivity contribution in [3.63, 3.8) is 0 Å². The maximum absolute atomic E-state index is 11.9. The van der Waals surface area contributed by atoms with Crippen LogP contribution in [0.4, 0.5) is 0 Å². The van der Waals surface area contributed by atoms with Crippen molar-refractivity contribution in [2.75, 3.05) is 52.3 Å². The van der Waals surface area contributed by atoms with Gasteiger partial charge in [0.05, 0.1) is 25.1 Å². The second kappa shape index (κ2) is 7.13. The summed E-state index contributed by atoms with van der Waals surface area (Å²) in [6.45, 7) is 4.49. The average molecular weight is 332 g/mol. The van der Waals surface area contributed by atoms with Crippen LogP contribution in [-0.2, 0) is 19.5 Å². The molecule has 7 heteroatoms. The van der Waals surface area contributed by atoms with Gasteiger partial charge in [-0.05, 0) is 19.3 Å². The van der Waals surface area contributed by atoms with Crippen LogP contribution in [0.25, 0.3) is 0 Å². The molecule has 0 amide bonds. The van der Waals surface area contributed by atoms with Gasteiger partial charge in [-0.25, -0.2) is 12.7 Å². The summed E-state index contributed by atoms with van der Waals surface area (Å²) >= 11 is 0. The van der Waals surface area contributed by atoms with Crippen LogP contribution in [0.1, 0.15) is 25.7 Å². The first-order chi connectivity index (χ1) is 10.6. The first kappa shape index (κ1) is 16.6. The van der Waals surface area contributed by atoms with Gasteiger partial charge in [0.25, 0.3) is 0 Å². The van der Waals surface area contributed by atoms with E-state index in [1.165, 1.54) is 12.8 Å². The van der Waals surface area contributed by atoms with Gasteiger partial charge in [0, 0.05) is 45.2 Å². The summed E-state index contributed by atoms with van der Waals surface area (Å²) in [6, 6.07) is 0.367. The van der Waals surface area contributed by atoms with Crippen LogP contribution in [0.2, 0.25) is 0 Å². The molecule has 22 heavy (non-hydrogen) atoms. The van der Waals surface area contributed by atoms with E-state index in [4.69, 9.17) is 9.47 Å². The predicted molar refractivity (Wildman–Crippen MR) is 84.3 cm³/mol. The zero-order valence-corrected chi connectivity index (χ0v) is 14.3. The van der Waals surface area contributed by atoms with Gasteiger partial charge in [-0.1, -0.05) is 6.42 Å². The van der Waals surface area contributed by atoms with Gasteiger partial charge in [-0.3, -0.25) is 4.90 Å². The van der Waals surface area contributed by atoms with Gasteiger partial charge in [-0.15, -0.1) is 0 Å². The van der Waals surface area contributed by atoms with Crippen LogP contribution >= 0.6 is 0 Å². The van der Waals surface area contributed by atoms with Gasteiger partial charge in [-0.2, -0.15) is 0 Å². The van der Waals surface area contributed by atoms with Gasteiger partial charge in [0.1, 0.15) is 0 Å². The Morgan fingerprint density at radius 1 is 1.18 bits per heavy atom. The van der Waals surface area contributed by atoms with Gasteiger partial charge in [0.15, 0.2) is 0 Å². The van der Waals surface area contributed by atoms with Crippen molar-refractivity contribution in [3.8, 4) is 0 Å². The number of sulfonamides is 1. The monoisotopic (exact) mass is 332 g/mol. The number of morpholine rings is 1. The fourth-order valence-corrected chi connectivity index (χ4v) is 5.72. The third kappa shape index (κ3) is 3.48. The highest BCUT2D eigenvalue weighted by Crippen LogP contribution is 2.34. The quantitative estimate of drug-likeness (QED) is 0.735. The molecule has 0 aromatic rings. The maximum Gasteiger partial charge on any atom is 0.214 e. The molecule has 2 aliphatic heterocycles. The van der Waals surface area contributed by atoms with Crippen molar-refractivity contribution in [1.29, 1.82) is 0 Å². The molecule has 1 saturated carbocycles. The number of hydrogen-bond acceptors (Lipinski definition) is 5. The van der Waals surface area contributed by atoms with Crippen molar-refractivity contribution >= 4 is 10.0 Å². The minimum atomic E-state index is -2.99. The van der Waals surface area contributed by atoms with Crippen LogP contribution in [-0.4, -0.2) is 82.0 Å². The molecule has 2 saturated heterocycles. The number of nitrogens with zero attached hydrogens (tertiary/aromatic N) is 2. The molecule has 0 bridgehead atoms. The van der Waals surface area contributed by atoms with E-state index in [0.29, 0.717) is 36.9 Å². The molecule has 3 fully saturated rings. The van der Waals surface area contributed by atoms with Gasteiger partial charge in [0.2, 0.25) is 10.0 Å². The van der Waals surface area contributed by atoms with Crippen molar-refractivity contribution in [2.24, 2.45) is 5.92 Å². The van der Waals surface area contributed by atoms with Crippen molar-refractivity contribution < 1.29 is 17.9 Å². The van der Waals surface area contributed by atoms with Crippen molar-refractivity contribution in [1.82, 2.24) is 9.21 Å². The second-order valence-electron chi connectivity index (χ2n) is 6.62. The lowest BCUT2D eigenvalue weighted by molar-refractivity contribution is -0.0579. The molecule has 0 aromatic carbocycles. The molecule has 1 aliphatic carbocycles. The predicted octanol–water partition coefficient (Wildman–Crippen LogP) is 0.538. The molecule has 3 rings (SSSR count). The van der Waals surface area contributed by atoms with E-state index in [9.17, 15) is 8.42 Å². The first-order valence-electron chi connectivity index (χ1n) is 8.44. The number of ether oxygens (including phenoxy) is 2. The van der Waals surface area contributed by atoms with Crippen LogP contribution in [0.5, 0.6) is 0 Å². The van der Waals surface area contributed by atoms with Crippen LogP contribution in [0, 0.1) is 5.92 Å². The van der Waals surface area contributed by atoms with E-state index in [1.54, 1.807) is 11.4 Å². The normalized spacial score (nSPS) is 36.9. The second-order valence-corrected chi connectivity index (χ2v) is 8.70. The fourth-order valence-electron chi connectivity index (χ4n) is 4.20. The Morgan fingerprint density at radius 2 is 2.05 bits per heavy atom. The molecule has 0 spiro atoms. The van der Waals surface area contributed by atoms with E-state index in [0.717, 1.165) is 39.1 Å². The SMILES string of the molecule is COC1CCCC1C1COCCN1CCN1CCCS1(=O)=O. The topological polar surface area (TPSA) is 59.1 Å². The lowest BCUT2D eigenvalue weighted by Crippen LogP contribution is -2.53. The van der Waals surface area contributed by atoms with E-state index < -0.39 is 10.0 Å². The highest BCUT2D eigenvalue weighted by atomic mass is 32.2. The molecular formula is C15H28N2O4S.